The van der Waals surface area contributed by atoms with Crippen LogP contribution in [-0.2, 0) is 19.5 Å². The summed E-state index contributed by atoms with van der Waals surface area (Å²) < 4.78 is 36.3. The third-order valence-corrected chi connectivity index (χ3v) is 4.61. The van der Waals surface area contributed by atoms with E-state index < -0.39 is 10.0 Å². The molecule has 0 aromatic heterocycles. The molecule has 1 rings (SSSR count). The Hall–Kier alpha value is -0.950. The number of nitrogens with zero attached hydrogens (tertiary/aromatic N) is 1. The van der Waals surface area contributed by atoms with Crippen LogP contribution in [0.2, 0.25) is 0 Å². The lowest BCUT2D eigenvalue weighted by atomic mass is 10.2. The van der Waals surface area contributed by atoms with Crippen LogP contribution in [0.3, 0.4) is 0 Å². The molecule has 0 unspecified atom stereocenters. The number of benzene rings is 1. The maximum atomic E-state index is 12.5. The molecule has 1 aromatic carbocycles. The van der Waals surface area contributed by atoms with E-state index >= 15 is 0 Å². The summed E-state index contributed by atoms with van der Waals surface area (Å²) in [4.78, 5) is 0.305. The summed E-state index contributed by atoms with van der Waals surface area (Å²) in [5.41, 5.74) is 0.916. The quantitative estimate of drug-likeness (QED) is 0.723. The first kappa shape index (κ1) is 16.1. The Morgan fingerprint density at radius 1 is 1.11 bits per heavy atom. The molecule has 0 fully saturated rings. The fourth-order valence-electron chi connectivity index (χ4n) is 1.66. The first-order chi connectivity index (χ1) is 9.02. The molecule has 0 N–H and O–H groups in total. The third-order valence-electron chi connectivity index (χ3n) is 2.72. The van der Waals surface area contributed by atoms with Gasteiger partial charge in [0.2, 0.25) is 10.0 Å². The van der Waals surface area contributed by atoms with Crippen molar-refractivity contribution in [3.8, 4) is 0 Å². The fourth-order valence-corrected chi connectivity index (χ4v) is 3.18. The summed E-state index contributed by atoms with van der Waals surface area (Å²) in [5.74, 6) is 0. The van der Waals surface area contributed by atoms with E-state index in [1.54, 1.807) is 32.4 Å². The lowest BCUT2D eigenvalue weighted by Crippen LogP contribution is -2.36. The molecule has 0 heterocycles. The van der Waals surface area contributed by atoms with Crippen LogP contribution in [0.4, 0.5) is 0 Å². The predicted octanol–water partition coefficient (Wildman–Crippen LogP) is 1.28. The van der Waals surface area contributed by atoms with Crippen LogP contribution < -0.4 is 0 Å². The summed E-state index contributed by atoms with van der Waals surface area (Å²) in [6.45, 7) is 3.21. The van der Waals surface area contributed by atoms with E-state index in [2.05, 4.69) is 0 Å². The van der Waals surface area contributed by atoms with E-state index in [-0.39, 0.29) is 0 Å². The zero-order valence-corrected chi connectivity index (χ0v) is 12.4. The highest BCUT2D eigenvalue weighted by Gasteiger charge is 2.23. The molecule has 5 nitrogen and oxygen atoms in total. The SMILES string of the molecule is COCCN(CCOC)S(=O)(=O)c1cccc(C)c1. The normalized spacial score (nSPS) is 12.0. The van der Waals surface area contributed by atoms with E-state index in [0.717, 1.165) is 5.56 Å². The van der Waals surface area contributed by atoms with Gasteiger partial charge in [-0.3, -0.25) is 0 Å². The number of methoxy groups -OCH3 is 2. The van der Waals surface area contributed by atoms with E-state index in [4.69, 9.17) is 9.47 Å². The highest BCUT2D eigenvalue weighted by Crippen LogP contribution is 2.16. The van der Waals surface area contributed by atoms with Gasteiger partial charge in [-0.05, 0) is 24.6 Å². The van der Waals surface area contributed by atoms with E-state index in [9.17, 15) is 8.42 Å². The number of hydrogen-bond donors (Lipinski definition) is 0. The molecule has 0 aliphatic heterocycles. The Kier molecular flexibility index (Phi) is 6.44. The van der Waals surface area contributed by atoms with Crippen molar-refractivity contribution < 1.29 is 17.9 Å². The Labute approximate surface area is 115 Å². The molecule has 6 heteroatoms. The molecule has 0 radical (unpaired) electrons. The zero-order valence-electron chi connectivity index (χ0n) is 11.6. The Bertz CT molecular complexity index is 479. The topological polar surface area (TPSA) is 55.8 Å². The number of hydrogen-bond acceptors (Lipinski definition) is 4. The molecular formula is C13H21NO4S. The smallest absolute Gasteiger partial charge is 0.243 e. The molecule has 0 saturated heterocycles. The third kappa shape index (κ3) is 4.58. The van der Waals surface area contributed by atoms with Crippen LogP contribution in [0, 0.1) is 6.92 Å². The van der Waals surface area contributed by atoms with Gasteiger partial charge in [0.15, 0.2) is 0 Å². The van der Waals surface area contributed by atoms with Gasteiger partial charge in [0, 0.05) is 27.3 Å². The average Bonchev–Trinajstić information content (AvgIpc) is 2.38. The molecule has 19 heavy (non-hydrogen) atoms. The number of sulfonamides is 1. The van der Waals surface area contributed by atoms with Crippen LogP contribution >= 0.6 is 0 Å². The zero-order chi connectivity index (χ0) is 14.3. The molecule has 0 amide bonds. The highest BCUT2D eigenvalue weighted by molar-refractivity contribution is 7.89. The molecule has 0 aliphatic rings. The summed E-state index contributed by atoms with van der Waals surface area (Å²) in [6.07, 6.45) is 0. The van der Waals surface area contributed by atoms with Gasteiger partial charge in [-0.1, -0.05) is 12.1 Å². The van der Waals surface area contributed by atoms with E-state index in [0.29, 0.717) is 31.2 Å². The molecule has 0 spiro atoms. The molecular weight excluding hydrogens is 266 g/mol. The largest absolute Gasteiger partial charge is 0.383 e. The molecule has 108 valence electrons. The maximum absolute atomic E-state index is 12.5. The monoisotopic (exact) mass is 287 g/mol. The minimum absolute atomic E-state index is 0.305. The van der Waals surface area contributed by atoms with Crippen molar-refractivity contribution in [3.05, 3.63) is 29.8 Å². The molecule has 0 bridgehead atoms. The summed E-state index contributed by atoms with van der Waals surface area (Å²) in [6, 6.07) is 6.89. The second kappa shape index (κ2) is 7.59. The van der Waals surface area contributed by atoms with Crippen LogP contribution in [0.5, 0.6) is 0 Å². The Morgan fingerprint density at radius 3 is 2.16 bits per heavy atom. The van der Waals surface area contributed by atoms with Gasteiger partial charge in [-0.15, -0.1) is 0 Å². The first-order valence-corrected chi connectivity index (χ1v) is 7.51. The minimum Gasteiger partial charge on any atom is -0.383 e. The second-order valence-electron chi connectivity index (χ2n) is 4.21. The lowest BCUT2D eigenvalue weighted by molar-refractivity contribution is 0.150. The van der Waals surface area contributed by atoms with Crippen molar-refractivity contribution in [2.45, 2.75) is 11.8 Å². The standard InChI is InChI=1S/C13H21NO4S/c1-12-5-4-6-13(11-12)19(15,16)14(7-9-17-2)8-10-18-3/h4-6,11H,7-10H2,1-3H3. The maximum Gasteiger partial charge on any atom is 0.243 e. The van der Waals surface area contributed by atoms with Gasteiger partial charge in [0.1, 0.15) is 0 Å². The van der Waals surface area contributed by atoms with Gasteiger partial charge in [0.05, 0.1) is 18.1 Å². The van der Waals surface area contributed by atoms with Crippen molar-refractivity contribution in [1.29, 1.82) is 0 Å². The first-order valence-electron chi connectivity index (χ1n) is 6.07. The van der Waals surface area contributed by atoms with E-state index in [1.165, 1.54) is 4.31 Å². The molecule has 0 saturated carbocycles. The van der Waals surface area contributed by atoms with Crippen molar-refractivity contribution in [1.82, 2.24) is 4.31 Å². The van der Waals surface area contributed by atoms with Gasteiger partial charge >= 0.3 is 0 Å². The fraction of sp³-hybridized carbons (Fsp3) is 0.538. The molecule has 0 aliphatic carbocycles. The lowest BCUT2D eigenvalue weighted by Gasteiger charge is -2.21. The average molecular weight is 287 g/mol. The van der Waals surface area contributed by atoms with Gasteiger partial charge in [-0.2, -0.15) is 4.31 Å². The Balaban J connectivity index is 2.97. The number of aryl methyl sites for hydroxylation is 1. The van der Waals surface area contributed by atoms with E-state index in [1.807, 2.05) is 13.0 Å². The van der Waals surface area contributed by atoms with Crippen molar-refractivity contribution >= 4 is 10.0 Å². The predicted molar refractivity (Wildman–Crippen MR) is 73.7 cm³/mol. The van der Waals surface area contributed by atoms with Crippen LogP contribution in [0.1, 0.15) is 5.56 Å². The van der Waals surface area contributed by atoms with Crippen LogP contribution in [0.15, 0.2) is 29.2 Å². The summed E-state index contributed by atoms with van der Waals surface area (Å²) in [7, 11) is -0.396. The van der Waals surface area contributed by atoms with Crippen LogP contribution in [0.25, 0.3) is 0 Å². The molecule has 0 atom stereocenters. The number of rotatable bonds is 8. The van der Waals surface area contributed by atoms with Crippen molar-refractivity contribution in [3.63, 3.8) is 0 Å². The number of ether oxygens (including phenoxy) is 2. The van der Waals surface area contributed by atoms with Gasteiger partial charge in [0.25, 0.3) is 0 Å². The van der Waals surface area contributed by atoms with Gasteiger partial charge < -0.3 is 9.47 Å². The second-order valence-corrected chi connectivity index (χ2v) is 6.14. The highest BCUT2D eigenvalue weighted by atomic mass is 32.2. The van der Waals surface area contributed by atoms with Crippen LogP contribution in [-0.4, -0.2) is 53.2 Å². The Morgan fingerprint density at radius 2 is 1.68 bits per heavy atom. The minimum atomic E-state index is -3.49. The van der Waals surface area contributed by atoms with Gasteiger partial charge in [-0.25, -0.2) is 8.42 Å². The van der Waals surface area contributed by atoms with Crippen molar-refractivity contribution in [2.75, 3.05) is 40.5 Å². The van der Waals surface area contributed by atoms with Crippen molar-refractivity contribution in [2.24, 2.45) is 0 Å². The summed E-state index contributed by atoms with van der Waals surface area (Å²) in [5, 5.41) is 0. The summed E-state index contributed by atoms with van der Waals surface area (Å²) >= 11 is 0. The molecule has 1 aromatic rings.